The molecule has 0 bridgehead atoms. The quantitative estimate of drug-likeness (QED) is 0.238. The van der Waals surface area contributed by atoms with E-state index in [2.05, 4.69) is 18.3 Å². The van der Waals surface area contributed by atoms with Crippen LogP contribution in [-0.4, -0.2) is 40.5 Å². The molecule has 0 spiro atoms. The average molecular weight is 424 g/mol. The fourth-order valence-corrected chi connectivity index (χ4v) is 4.07. The van der Waals surface area contributed by atoms with E-state index in [0.29, 0.717) is 31.6 Å². The number of amides is 1. The van der Waals surface area contributed by atoms with Crippen LogP contribution in [0.5, 0.6) is 0 Å². The Morgan fingerprint density at radius 1 is 1.10 bits per heavy atom. The predicted octanol–water partition coefficient (Wildman–Crippen LogP) is 4.40. The molecule has 0 aromatic heterocycles. The Labute approximate surface area is 181 Å². The maximum atomic E-state index is 12.2. The number of aliphatic hydroxyl groups excluding tert-OH is 1. The number of rotatable bonds is 17. The van der Waals surface area contributed by atoms with Crippen LogP contribution in [0.2, 0.25) is 0 Å². The first-order chi connectivity index (χ1) is 14.4. The van der Waals surface area contributed by atoms with E-state index in [-0.39, 0.29) is 24.2 Å². The number of Topliss-reactive ketones (excluding diaryl/α,β-unsaturated/α-hetero) is 1. The molecule has 0 aliphatic heterocycles. The topological polar surface area (TPSA) is 104 Å². The van der Waals surface area contributed by atoms with Gasteiger partial charge in [-0.25, -0.2) is 0 Å². The third-order valence-electron chi connectivity index (χ3n) is 5.90. The van der Waals surface area contributed by atoms with Crippen molar-refractivity contribution in [1.82, 2.24) is 5.32 Å². The van der Waals surface area contributed by atoms with Crippen LogP contribution < -0.4 is 5.32 Å². The summed E-state index contributed by atoms with van der Waals surface area (Å²) in [6.07, 6.45) is 14.9. The molecule has 0 aromatic carbocycles. The molecule has 0 aromatic rings. The Kier molecular flexibility index (Phi) is 14.1. The van der Waals surface area contributed by atoms with Gasteiger partial charge < -0.3 is 15.5 Å². The van der Waals surface area contributed by atoms with Crippen molar-refractivity contribution in [3.8, 4) is 0 Å². The third kappa shape index (κ3) is 12.1. The normalized spacial score (nSPS) is 20.0. The van der Waals surface area contributed by atoms with Crippen molar-refractivity contribution >= 4 is 17.7 Å². The summed E-state index contributed by atoms with van der Waals surface area (Å²) in [4.78, 5) is 34.3. The van der Waals surface area contributed by atoms with Gasteiger partial charge in [-0.05, 0) is 38.0 Å². The number of nitrogens with one attached hydrogen (secondary N) is 1. The largest absolute Gasteiger partial charge is 0.481 e. The lowest BCUT2D eigenvalue weighted by molar-refractivity contribution is -0.137. The van der Waals surface area contributed by atoms with Crippen LogP contribution in [0.3, 0.4) is 0 Å². The van der Waals surface area contributed by atoms with Gasteiger partial charge in [-0.3, -0.25) is 14.4 Å². The van der Waals surface area contributed by atoms with E-state index in [9.17, 15) is 19.5 Å². The fourth-order valence-electron chi connectivity index (χ4n) is 4.07. The molecule has 30 heavy (non-hydrogen) atoms. The van der Waals surface area contributed by atoms with Crippen LogP contribution in [0, 0.1) is 11.8 Å². The maximum Gasteiger partial charge on any atom is 0.303 e. The minimum absolute atomic E-state index is 0.0194. The summed E-state index contributed by atoms with van der Waals surface area (Å²) < 4.78 is 0. The van der Waals surface area contributed by atoms with Crippen molar-refractivity contribution in [1.29, 1.82) is 0 Å². The number of ketones is 1. The van der Waals surface area contributed by atoms with Gasteiger partial charge in [-0.1, -0.05) is 57.6 Å². The van der Waals surface area contributed by atoms with Crippen molar-refractivity contribution in [3.05, 3.63) is 12.2 Å². The molecule has 0 saturated heterocycles. The van der Waals surface area contributed by atoms with Crippen molar-refractivity contribution in [2.75, 3.05) is 6.54 Å². The molecule has 6 nitrogen and oxygen atoms in total. The molecule has 172 valence electrons. The van der Waals surface area contributed by atoms with E-state index >= 15 is 0 Å². The number of carbonyl (C=O) groups excluding carboxylic acids is 2. The second-order valence-corrected chi connectivity index (χ2v) is 8.52. The fraction of sp³-hybridized carbons (Fsp3) is 0.792. The van der Waals surface area contributed by atoms with Crippen LogP contribution in [-0.2, 0) is 14.4 Å². The van der Waals surface area contributed by atoms with E-state index in [4.69, 9.17) is 5.11 Å². The lowest BCUT2D eigenvalue weighted by atomic mass is 9.89. The van der Waals surface area contributed by atoms with E-state index in [0.717, 1.165) is 64.2 Å². The SMILES string of the molecule is CCCCCC(O)C=CC1CCC(=O)C1CCCCCCC(=O)NCCCC(=O)O. The maximum absolute atomic E-state index is 12.2. The predicted molar refractivity (Wildman–Crippen MR) is 118 cm³/mol. The Balaban J connectivity index is 2.16. The van der Waals surface area contributed by atoms with Crippen molar-refractivity contribution in [2.45, 2.75) is 103 Å². The number of carbonyl (C=O) groups is 3. The van der Waals surface area contributed by atoms with Gasteiger partial charge in [0, 0.05) is 31.7 Å². The van der Waals surface area contributed by atoms with Gasteiger partial charge in [0.15, 0.2) is 0 Å². The Morgan fingerprint density at radius 2 is 1.87 bits per heavy atom. The van der Waals surface area contributed by atoms with Gasteiger partial charge in [0.25, 0.3) is 0 Å². The average Bonchev–Trinajstić information content (AvgIpc) is 3.06. The number of carboxylic acid groups (broad SMARTS) is 1. The third-order valence-corrected chi connectivity index (χ3v) is 5.90. The molecule has 0 heterocycles. The van der Waals surface area contributed by atoms with Gasteiger partial charge in [0.2, 0.25) is 5.91 Å². The molecule has 1 fully saturated rings. The number of carboxylic acids is 1. The van der Waals surface area contributed by atoms with Crippen LogP contribution >= 0.6 is 0 Å². The summed E-state index contributed by atoms with van der Waals surface area (Å²) in [5, 5.41) is 21.4. The van der Waals surface area contributed by atoms with Crippen LogP contribution in [0.25, 0.3) is 0 Å². The highest BCUT2D eigenvalue weighted by atomic mass is 16.4. The Bertz CT molecular complexity index is 546. The molecule has 6 heteroatoms. The van der Waals surface area contributed by atoms with Crippen molar-refractivity contribution in [2.24, 2.45) is 11.8 Å². The van der Waals surface area contributed by atoms with E-state index < -0.39 is 12.1 Å². The van der Waals surface area contributed by atoms with Crippen LogP contribution in [0.1, 0.15) is 96.8 Å². The zero-order valence-electron chi connectivity index (χ0n) is 18.6. The molecule has 1 amide bonds. The lowest BCUT2D eigenvalue weighted by Gasteiger charge is -2.15. The molecule has 1 aliphatic carbocycles. The summed E-state index contributed by atoms with van der Waals surface area (Å²) in [5.74, 6) is -0.165. The summed E-state index contributed by atoms with van der Waals surface area (Å²) in [6, 6.07) is 0. The number of hydrogen-bond acceptors (Lipinski definition) is 4. The molecule has 3 unspecified atom stereocenters. The zero-order chi connectivity index (χ0) is 22.2. The van der Waals surface area contributed by atoms with Gasteiger partial charge in [-0.2, -0.15) is 0 Å². The minimum Gasteiger partial charge on any atom is -0.481 e. The summed E-state index contributed by atoms with van der Waals surface area (Å²) in [7, 11) is 0. The highest BCUT2D eigenvalue weighted by Gasteiger charge is 2.32. The summed E-state index contributed by atoms with van der Waals surface area (Å²) in [6.45, 7) is 2.56. The number of aliphatic hydroxyl groups is 1. The van der Waals surface area contributed by atoms with E-state index in [1.54, 1.807) is 0 Å². The molecule has 3 N–H and O–H groups in total. The van der Waals surface area contributed by atoms with E-state index in [1.807, 2.05) is 6.08 Å². The molecule has 1 aliphatic rings. The first-order valence-electron chi connectivity index (χ1n) is 11.8. The van der Waals surface area contributed by atoms with Gasteiger partial charge in [0.05, 0.1) is 6.10 Å². The lowest BCUT2D eigenvalue weighted by Crippen LogP contribution is -2.24. The smallest absolute Gasteiger partial charge is 0.303 e. The molecule has 1 rings (SSSR count). The highest BCUT2D eigenvalue weighted by Crippen LogP contribution is 2.34. The Hall–Kier alpha value is -1.69. The van der Waals surface area contributed by atoms with Gasteiger partial charge in [-0.15, -0.1) is 0 Å². The summed E-state index contributed by atoms with van der Waals surface area (Å²) >= 11 is 0. The molecule has 1 saturated carbocycles. The summed E-state index contributed by atoms with van der Waals surface area (Å²) in [5.41, 5.74) is 0. The van der Waals surface area contributed by atoms with Crippen LogP contribution in [0.15, 0.2) is 12.2 Å². The number of aliphatic carboxylic acids is 1. The molecular weight excluding hydrogens is 382 g/mol. The van der Waals surface area contributed by atoms with Gasteiger partial charge in [0.1, 0.15) is 5.78 Å². The van der Waals surface area contributed by atoms with Crippen LogP contribution in [0.4, 0.5) is 0 Å². The Morgan fingerprint density at radius 3 is 2.60 bits per heavy atom. The number of unbranched alkanes of at least 4 members (excludes halogenated alkanes) is 5. The number of allylic oxidation sites excluding steroid dienone is 1. The van der Waals surface area contributed by atoms with Gasteiger partial charge >= 0.3 is 5.97 Å². The standard InChI is InChI=1S/C24H41NO5/c1-2-3-6-10-20(26)16-14-19-15-17-22(27)21(19)11-7-4-5-8-12-23(28)25-18-9-13-24(29)30/h14,16,19-21,26H,2-13,15,17-18H2,1H3,(H,25,28)(H,29,30). The molecular formula is C24H41NO5. The van der Waals surface area contributed by atoms with E-state index in [1.165, 1.54) is 0 Å². The monoisotopic (exact) mass is 423 g/mol. The second kappa shape index (κ2) is 16.1. The highest BCUT2D eigenvalue weighted by molar-refractivity contribution is 5.83. The first kappa shape index (κ1) is 26.3. The van der Waals surface area contributed by atoms with Crippen molar-refractivity contribution in [3.63, 3.8) is 0 Å². The minimum atomic E-state index is -0.842. The number of hydrogen-bond donors (Lipinski definition) is 3. The molecule has 3 atom stereocenters. The van der Waals surface area contributed by atoms with Crippen molar-refractivity contribution < 1.29 is 24.6 Å². The first-order valence-corrected chi connectivity index (χ1v) is 11.8. The zero-order valence-corrected chi connectivity index (χ0v) is 18.6. The second-order valence-electron chi connectivity index (χ2n) is 8.52. The molecule has 0 radical (unpaired) electrons.